The Hall–Kier alpha value is 0. The van der Waals surface area contributed by atoms with Gasteiger partial charge < -0.3 is 0 Å². The largest absolute Gasteiger partial charge is 0.0620 e. The Bertz CT molecular complexity index is 355. The summed E-state index contributed by atoms with van der Waals surface area (Å²) in [5.74, 6) is 2.94. The summed E-state index contributed by atoms with van der Waals surface area (Å²) in [5, 5.41) is 0. The zero-order valence-corrected chi connectivity index (χ0v) is 13.9. The van der Waals surface area contributed by atoms with Crippen LogP contribution < -0.4 is 0 Å². The lowest BCUT2D eigenvalue weighted by molar-refractivity contribution is -0.160. The summed E-state index contributed by atoms with van der Waals surface area (Å²) in [6, 6.07) is 0. The lowest BCUT2D eigenvalue weighted by Crippen LogP contribution is -2.57. The molecule has 3 fully saturated rings. The topological polar surface area (TPSA) is 0 Å². The Morgan fingerprint density at radius 1 is 0.684 bits per heavy atom. The number of hydrogen-bond donors (Lipinski definition) is 0. The maximum absolute atomic E-state index is 2.68. The van der Waals surface area contributed by atoms with E-state index in [1.807, 2.05) is 0 Å². The Kier molecular flexibility index (Phi) is 3.12. The maximum Gasteiger partial charge on any atom is -0.0259 e. The van der Waals surface area contributed by atoms with Crippen LogP contribution in [0.25, 0.3) is 0 Å². The van der Waals surface area contributed by atoms with Crippen LogP contribution in [0.15, 0.2) is 0 Å². The molecule has 5 atom stereocenters. The maximum atomic E-state index is 2.68. The molecule has 0 aromatic heterocycles. The first-order valence-electron chi connectivity index (χ1n) is 8.81. The minimum atomic E-state index is 0.592. The van der Waals surface area contributed by atoms with E-state index in [2.05, 4.69) is 34.6 Å². The first kappa shape index (κ1) is 14.0. The first-order chi connectivity index (χ1) is 8.81. The summed E-state index contributed by atoms with van der Waals surface area (Å²) in [5.41, 5.74) is 1.88. The Morgan fingerprint density at radius 2 is 1.42 bits per heavy atom. The molecule has 0 saturated heterocycles. The van der Waals surface area contributed by atoms with Gasteiger partial charge >= 0.3 is 0 Å². The molecule has 0 radical (unpaired) electrons. The van der Waals surface area contributed by atoms with Gasteiger partial charge in [-0.05, 0) is 66.1 Å². The molecule has 0 spiro atoms. The Balaban J connectivity index is 1.98. The minimum absolute atomic E-state index is 0.592. The van der Waals surface area contributed by atoms with Crippen molar-refractivity contribution in [2.45, 2.75) is 86.0 Å². The lowest BCUT2D eigenvalue weighted by Gasteiger charge is -2.65. The van der Waals surface area contributed by atoms with Crippen LogP contribution in [0.2, 0.25) is 0 Å². The molecule has 0 aromatic rings. The van der Waals surface area contributed by atoms with Gasteiger partial charge in [-0.25, -0.2) is 0 Å². The van der Waals surface area contributed by atoms with Crippen LogP contribution in [0.4, 0.5) is 0 Å². The van der Waals surface area contributed by atoms with Crippen LogP contribution in [-0.4, -0.2) is 0 Å². The van der Waals surface area contributed by atoms with E-state index in [0.29, 0.717) is 16.2 Å². The zero-order chi connectivity index (χ0) is 13.9. The molecule has 0 nitrogen and oxygen atoms in total. The van der Waals surface area contributed by atoms with E-state index in [0.717, 1.165) is 17.8 Å². The predicted molar refractivity (Wildman–Crippen MR) is 83.1 cm³/mol. The van der Waals surface area contributed by atoms with Crippen molar-refractivity contribution in [2.75, 3.05) is 0 Å². The Morgan fingerprint density at radius 3 is 2.16 bits per heavy atom. The van der Waals surface area contributed by atoms with Gasteiger partial charge in [-0.2, -0.15) is 0 Å². The third kappa shape index (κ3) is 1.84. The molecule has 0 heterocycles. The molecule has 0 heteroatoms. The second-order valence-corrected chi connectivity index (χ2v) is 9.33. The van der Waals surface area contributed by atoms with Gasteiger partial charge in [0.15, 0.2) is 0 Å². The lowest BCUT2D eigenvalue weighted by atomic mass is 9.40. The van der Waals surface area contributed by atoms with Gasteiger partial charge in [-0.1, -0.05) is 53.9 Å². The van der Waals surface area contributed by atoms with Crippen molar-refractivity contribution in [1.82, 2.24) is 0 Å². The van der Waals surface area contributed by atoms with E-state index in [9.17, 15) is 0 Å². The van der Waals surface area contributed by atoms with Crippen molar-refractivity contribution in [3.63, 3.8) is 0 Å². The molecule has 0 aromatic carbocycles. The second-order valence-electron chi connectivity index (χ2n) is 9.33. The van der Waals surface area contributed by atoms with Crippen LogP contribution in [-0.2, 0) is 0 Å². The monoisotopic (exact) mass is 262 g/mol. The van der Waals surface area contributed by atoms with E-state index in [1.54, 1.807) is 0 Å². The normalized spacial score (nSPS) is 53.2. The Labute approximate surface area is 120 Å². The molecular formula is C19H34. The molecule has 3 saturated carbocycles. The number of fused-ring (bicyclic) bond motifs is 3. The summed E-state index contributed by atoms with van der Waals surface area (Å²) in [4.78, 5) is 0. The molecule has 3 aliphatic rings. The van der Waals surface area contributed by atoms with Gasteiger partial charge in [0.25, 0.3) is 0 Å². The highest BCUT2D eigenvalue weighted by atomic mass is 14.6. The van der Waals surface area contributed by atoms with E-state index < -0.39 is 0 Å². The van der Waals surface area contributed by atoms with E-state index in [-0.39, 0.29) is 0 Å². The predicted octanol–water partition coefficient (Wildman–Crippen LogP) is 6.06. The molecule has 3 aliphatic carbocycles. The fraction of sp³-hybridized carbons (Fsp3) is 1.00. The van der Waals surface area contributed by atoms with E-state index >= 15 is 0 Å². The summed E-state index contributed by atoms with van der Waals surface area (Å²) in [7, 11) is 0. The smallest absolute Gasteiger partial charge is 0.0259 e. The van der Waals surface area contributed by atoms with Crippen molar-refractivity contribution in [2.24, 2.45) is 34.0 Å². The summed E-state index contributed by atoms with van der Waals surface area (Å²) >= 11 is 0. The first-order valence-corrected chi connectivity index (χ1v) is 8.81. The van der Waals surface area contributed by atoms with Crippen LogP contribution in [0.3, 0.4) is 0 Å². The molecule has 3 rings (SSSR count). The van der Waals surface area contributed by atoms with E-state index in [1.165, 1.54) is 51.4 Å². The van der Waals surface area contributed by atoms with Crippen molar-refractivity contribution >= 4 is 0 Å². The molecule has 110 valence electrons. The molecule has 19 heavy (non-hydrogen) atoms. The number of hydrogen-bond acceptors (Lipinski definition) is 0. The molecule has 0 amide bonds. The van der Waals surface area contributed by atoms with E-state index in [4.69, 9.17) is 0 Å². The average Bonchev–Trinajstić information content (AvgIpc) is 2.30. The second kappa shape index (κ2) is 4.25. The third-order valence-corrected chi connectivity index (χ3v) is 8.10. The highest BCUT2D eigenvalue weighted by molar-refractivity contribution is 5.08. The molecule has 0 N–H and O–H groups in total. The van der Waals surface area contributed by atoms with Crippen molar-refractivity contribution in [1.29, 1.82) is 0 Å². The van der Waals surface area contributed by atoms with Gasteiger partial charge in [0.2, 0.25) is 0 Å². The SMILES string of the molecule is CC1CCCC2[C@]1(C)CCC1C(C)(C)CCC[C@]12C. The molecule has 0 bridgehead atoms. The highest BCUT2D eigenvalue weighted by Crippen LogP contribution is 2.68. The van der Waals surface area contributed by atoms with Crippen molar-refractivity contribution < 1.29 is 0 Å². The average molecular weight is 262 g/mol. The van der Waals surface area contributed by atoms with Crippen LogP contribution >= 0.6 is 0 Å². The quantitative estimate of drug-likeness (QED) is 0.498. The fourth-order valence-electron chi connectivity index (χ4n) is 6.89. The van der Waals surface area contributed by atoms with Crippen molar-refractivity contribution in [3.8, 4) is 0 Å². The minimum Gasteiger partial charge on any atom is -0.0620 e. The number of rotatable bonds is 0. The van der Waals surface area contributed by atoms with Crippen molar-refractivity contribution in [3.05, 3.63) is 0 Å². The van der Waals surface area contributed by atoms with Gasteiger partial charge in [0, 0.05) is 0 Å². The van der Waals surface area contributed by atoms with Gasteiger partial charge in [-0.3, -0.25) is 0 Å². The van der Waals surface area contributed by atoms with Gasteiger partial charge in [-0.15, -0.1) is 0 Å². The van der Waals surface area contributed by atoms with Crippen LogP contribution in [0.1, 0.15) is 86.0 Å². The van der Waals surface area contributed by atoms with Crippen LogP contribution in [0, 0.1) is 34.0 Å². The van der Waals surface area contributed by atoms with Crippen LogP contribution in [0.5, 0.6) is 0 Å². The standard InChI is InChI=1S/C19H34/c1-14-8-6-9-16-18(14,4)13-10-15-17(2,3)11-7-12-19(15,16)5/h14-16H,6-13H2,1-5H3/t14?,15?,16?,18-,19-/m1/s1. The molecule has 3 unspecified atom stereocenters. The van der Waals surface area contributed by atoms with Gasteiger partial charge in [0.05, 0.1) is 0 Å². The summed E-state index contributed by atoms with van der Waals surface area (Å²) < 4.78 is 0. The highest BCUT2D eigenvalue weighted by Gasteiger charge is 2.59. The zero-order valence-electron chi connectivity index (χ0n) is 13.9. The van der Waals surface area contributed by atoms with Gasteiger partial charge in [0.1, 0.15) is 0 Å². The molecule has 0 aliphatic heterocycles. The molecular weight excluding hydrogens is 228 g/mol. The fourth-order valence-corrected chi connectivity index (χ4v) is 6.89. The summed E-state index contributed by atoms with van der Waals surface area (Å²) in [6.07, 6.45) is 11.9. The summed E-state index contributed by atoms with van der Waals surface area (Å²) in [6.45, 7) is 13.0. The third-order valence-electron chi connectivity index (χ3n) is 8.10.